The number of carbonyl (C=O) groups is 1. The van der Waals surface area contributed by atoms with E-state index in [0.29, 0.717) is 23.5 Å². The maximum Gasteiger partial charge on any atom is 0.336 e. The number of anilines is 1. The number of hydrogen-bond acceptors (Lipinski definition) is 3. The van der Waals surface area contributed by atoms with Gasteiger partial charge < -0.3 is 15.2 Å². The molecule has 1 aromatic rings. The monoisotopic (exact) mass is 251 g/mol. The van der Waals surface area contributed by atoms with Crippen molar-refractivity contribution < 1.29 is 14.6 Å². The number of carboxylic acid groups (broad SMARTS) is 1. The number of rotatable bonds is 7. The molecule has 1 aromatic carbocycles. The summed E-state index contributed by atoms with van der Waals surface area (Å²) in [6, 6.07) is 3.51. The van der Waals surface area contributed by atoms with Crippen molar-refractivity contribution in [3.63, 3.8) is 0 Å². The molecule has 0 unspecified atom stereocenters. The van der Waals surface area contributed by atoms with Crippen molar-refractivity contribution in [1.82, 2.24) is 0 Å². The van der Waals surface area contributed by atoms with Crippen molar-refractivity contribution in [2.24, 2.45) is 0 Å². The van der Waals surface area contributed by atoms with Gasteiger partial charge in [-0.05, 0) is 26.3 Å². The van der Waals surface area contributed by atoms with Gasteiger partial charge in [-0.15, -0.1) is 0 Å². The Morgan fingerprint density at radius 1 is 1.39 bits per heavy atom. The Bertz CT molecular complexity index is 416. The lowest BCUT2D eigenvalue weighted by atomic mass is 10.1. The van der Waals surface area contributed by atoms with E-state index in [-0.39, 0.29) is 0 Å². The second-order valence-corrected chi connectivity index (χ2v) is 4.18. The second-order valence-electron chi connectivity index (χ2n) is 4.18. The summed E-state index contributed by atoms with van der Waals surface area (Å²) in [4.78, 5) is 11.2. The standard InChI is InChI=1S/C14H21NO3/c1-4-6-7-18-13-9-11(15-5-2)8-12(10(13)3)14(16)17/h8-9,15H,4-7H2,1-3H3,(H,16,17). The summed E-state index contributed by atoms with van der Waals surface area (Å²) in [7, 11) is 0. The van der Waals surface area contributed by atoms with E-state index in [4.69, 9.17) is 4.74 Å². The molecule has 0 bridgehead atoms. The second kappa shape index (κ2) is 6.89. The van der Waals surface area contributed by atoms with Crippen LogP contribution >= 0.6 is 0 Å². The van der Waals surface area contributed by atoms with E-state index >= 15 is 0 Å². The molecule has 0 saturated heterocycles. The predicted octanol–water partition coefficient (Wildman–Crippen LogP) is 3.30. The molecule has 2 N–H and O–H groups in total. The predicted molar refractivity (Wildman–Crippen MR) is 72.7 cm³/mol. The van der Waals surface area contributed by atoms with Crippen LogP contribution in [0.4, 0.5) is 5.69 Å². The van der Waals surface area contributed by atoms with E-state index in [2.05, 4.69) is 12.2 Å². The Morgan fingerprint density at radius 2 is 2.11 bits per heavy atom. The van der Waals surface area contributed by atoms with E-state index < -0.39 is 5.97 Å². The summed E-state index contributed by atoms with van der Waals surface area (Å²) in [6.07, 6.45) is 2.02. The van der Waals surface area contributed by atoms with E-state index in [1.165, 1.54) is 0 Å². The molecule has 0 aliphatic heterocycles. The third kappa shape index (κ3) is 3.65. The Kier molecular flexibility index (Phi) is 5.49. The van der Waals surface area contributed by atoms with Crippen molar-refractivity contribution in [3.8, 4) is 5.75 Å². The topological polar surface area (TPSA) is 58.6 Å². The summed E-state index contributed by atoms with van der Waals surface area (Å²) in [6.45, 7) is 7.20. The van der Waals surface area contributed by atoms with Crippen molar-refractivity contribution >= 4 is 11.7 Å². The molecule has 0 fully saturated rings. The van der Waals surface area contributed by atoms with Crippen LogP contribution in [0.1, 0.15) is 42.6 Å². The summed E-state index contributed by atoms with van der Waals surface area (Å²) >= 11 is 0. The summed E-state index contributed by atoms with van der Waals surface area (Å²) in [5.41, 5.74) is 1.76. The van der Waals surface area contributed by atoms with Gasteiger partial charge in [-0.1, -0.05) is 13.3 Å². The average molecular weight is 251 g/mol. The quantitative estimate of drug-likeness (QED) is 0.730. The van der Waals surface area contributed by atoms with Crippen LogP contribution in [-0.2, 0) is 0 Å². The first-order valence-electron chi connectivity index (χ1n) is 6.34. The minimum Gasteiger partial charge on any atom is -0.493 e. The fraction of sp³-hybridized carbons (Fsp3) is 0.500. The molecule has 0 heterocycles. The van der Waals surface area contributed by atoms with Crippen LogP contribution in [0.15, 0.2) is 12.1 Å². The fourth-order valence-electron chi connectivity index (χ4n) is 1.69. The van der Waals surface area contributed by atoms with Gasteiger partial charge in [0, 0.05) is 23.9 Å². The first kappa shape index (κ1) is 14.4. The van der Waals surface area contributed by atoms with Crippen LogP contribution in [0, 0.1) is 6.92 Å². The van der Waals surface area contributed by atoms with Crippen molar-refractivity contribution in [2.75, 3.05) is 18.5 Å². The summed E-state index contributed by atoms with van der Waals surface area (Å²) in [5.74, 6) is -0.271. The third-order valence-electron chi connectivity index (χ3n) is 2.73. The average Bonchev–Trinajstić information content (AvgIpc) is 2.33. The van der Waals surface area contributed by atoms with Crippen LogP contribution in [0.5, 0.6) is 5.75 Å². The summed E-state index contributed by atoms with van der Waals surface area (Å²) < 4.78 is 5.65. The molecule has 4 nitrogen and oxygen atoms in total. The van der Waals surface area contributed by atoms with Crippen molar-refractivity contribution in [1.29, 1.82) is 0 Å². The maximum atomic E-state index is 11.2. The molecule has 100 valence electrons. The largest absolute Gasteiger partial charge is 0.493 e. The van der Waals surface area contributed by atoms with Gasteiger partial charge in [0.15, 0.2) is 0 Å². The van der Waals surface area contributed by atoms with Crippen LogP contribution in [-0.4, -0.2) is 24.2 Å². The molecular weight excluding hydrogens is 230 g/mol. The zero-order valence-corrected chi connectivity index (χ0v) is 11.2. The van der Waals surface area contributed by atoms with E-state index in [1.54, 1.807) is 13.0 Å². The molecule has 0 aliphatic carbocycles. The lowest BCUT2D eigenvalue weighted by molar-refractivity contribution is 0.0695. The van der Waals surface area contributed by atoms with Gasteiger partial charge in [-0.2, -0.15) is 0 Å². The van der Waals surface area contributed by atoms with E-state index in [9.17, 15) is 9.90 Å². The minimum atomic E-state index is -0.924. The molecule has 0 amide bonds. The number of unbranched alkanes of at least 4 members (excludes halogenated alkanes) is 1. The molecule has 4 heteroatoms. The lowest BCUT2D eigenvalue weighted by Crippen LogP contribution is -2.07. The van der Waals surface area contributed by atoms with Gasteiger partial charge in [-0.3, -0.25) is 0 Å². The van der Waals surface area contributed by atoms with Gasteiger partial charge >= 0.3 is 5.97 Å². The molecule has 0 aromatic heterocycles. The van der Waals surface area contributed by atoms with E-state index in [0.717, 1.165) is 25.1 Å². The van der Waals surface area contributed by atoms with Crippen molar-refractivity contribution in [3.05, 3.63) is 23.3 Å². The number of benzene rings is 1. The molecule has 0 aliphatic rings. The number of hydrogen-bond donors (Lipinski definition) is 2. The molecule has 0 saturated carbocycles. The number of aromatic carboxylic acids is 1. The van der Waals surface area contributed by atoms with Gasteiger partial charge in [0.25, 0.3) is 0 Å². The maximum absolute atomic E-state index is 11.2. The molecule has 0 radical (unpaired) electrons. The van der Waals surface area contributed by atoms with Gasteiger partial charge in [-0.25, -0.2) is 4.79 Å². The van der Waals surface area contributed by atoms with Gasteiger partial charge in [0.1, 0.15) is 5.75 Å². The highest BCUT2D eigenvalue weighted by atomic mass is 16.5. The first-order chi connectivity index (χ1) is 8.60. The number of ether oxygens (including phenoxy) is 1. The number of carboxylic acids is 1. The summed E-state index contributed by atoms with van der Waals surface area (Å²) in [5, 5.41) is 12.3. The van der Waals surface area contributed by atoms with Crippen molar-refractivity contribution in [2.45, 2.75) is 33.6 Å². The van der Waals surface area contributed by atoms with Crippen LogP contribution < -0.4 is 10.1 Å². The van der Waals surface area contributed by atoms with Crippen LogP contribution in [0.3, 0.4) is 0 Å². The first-order valence-corrected chi connectivity index (χ1v) is 6.34. The molecule has 0 atom stereocenters. The Labute approximate surface area is 108 Å². The highest BCUT2D eigenvalue weighted by Crippen LogP contribution is 2.27. The molecular formula is C14H21NO3. The molecule has 18 heavy (non-hydrogen) atoms. The SMILES string of the molecule is CCCCOc1cc(NCC)cc(C(=O)O)c1C. The van der Waals surface area contributed by atoms with Crippen LogP contribution in [0.2, 0.25) is 0 Å². The molecule has 1 rings (SSSR count). The highest BCUT2D eigenvalue weighted by Gasteiger charge is 2.13. The zero-order valence-electron chi connectivity index (χ0n) is 11.2. The van der Waals surface area contributed by atoms with Gasteiger partial charge in [0.2, 0.25) is 0 Å². The Hall–Kier alpha value is -1.71. The van der Waals surface area contributed by atoms with E-state index in [1.807, 2.05) is 13.0 Å². The zero-order chi connectivity index (χ0) is 13.5. The number of nitrogens with one attached hydrogen (secondary N) is 1. The smallest absolute Gasteiger partial charge is 0.336 e. The Balaban J connectivity index is 3.02. The third-order valence-corrected chi connectivity index (χ3v) is 2.73. The normalized spacial score (nSPS) is 10.2. The van der Waals surface area contributed by atoms with Gasteiger partial charge in [0.05, 0.1) is 12.2 Å². The Morgan fingerprint density at radius 3 is 2.67 bits per heavy atom. The highest BCUT2D eigenvalue weighted by molar-refractivity contribution is 5.91. The fourth-order valence-corrected chi connectivity index (χ4v) is 1.69. The lowest BCUT2D eigenvalue weighted by Gasteiger charge is -2.14. The minimum absolute atomic E-state index is 0.292. The molecule has 0 spiro atoms. The van der Waals surface area contributed by atoms with Crippen LogP contribution in [0.25, 0.3) is 0 Å².